The van der Waals surface area contributed by atoms with Crippen LogP contribution in [0.3, 0.4) is 0 Å². The standard InChI is InChI=1S/C52H29N3O/c1-3-13-33-30(11-1)21-25-42-48(33)51(32-23-28-46-41(29-32)38-18-9-10-20-45(38)56-46)54-52(53-42)55-43-26-22-31-12-2-4-14-34(31)49(43)50-44(55)27-24-40-37-17-6-5-15-35(37)36-16-7-8-19-39(36)47(40)50/h1-29H. The Morgan fingerprint density at radius 1 is 0.357 bits per heavy atom. The first-order chi connectivity index (χ1) is 27.8. The van der Waals surface area contributed by atoms with Gasteiger partial charge in [0.05, 0.1) is 22.2 Å². The Morgan fingerprint density at radius 3 is 1.68 bits per heavy atom. The van der Waals surface area contributed by atoms with Crippen molar-refractivity contribution in [2.24, 2.45) is 0 Å². The molecule has 10 aromatic carbocycles. The zero-order valence-electron chi connectivity index (χ0n) is 30.0. The lowest BCUT2D eigenvalue weighted by atomic mass is 9.91. The smallest absolute Gasteiger partial charge is 0.235 e. The van der Waals surface area contributed by atoms with Crippen LogP contribution in [0.25, 0.3) is 126 Å². The van der Waals surface area contributed by atoms with Crippen LogP contribution < -0.4 is 0 Å². The number of aromatic nitrogens is 3. The molecule has 0 fully saturated rings. The topological polar surface area (TPSA) is 43.9 Å². The molecular weight excluding hydrogens is 683 g/mol. The summed E-state index contributed by atoms with van der Waals surface area (Å²) in [5, 5.41) is 17.8. The first-order valence-electron chi connectivity index (χ1n) is 19.1. The van der Waals surface area contributed by atoms with Gasteiger partial charge in [-0.15, -0.1) is 0 Å². The Hall–Kier alpha value is -7.56. The molecule has 0 saturated heterocycles. The lowest BCUT2D eigenvalue weighted by Gasteiger charge is -2.14. The molecule has 0 aliphatic heterocycles. The molecular formula is C52H29N3O. The van der Waals surface area contributed by atoms with Gasteiger partial charge >= 0.3 is 0 Å². The molecule has 0 amide bonds. The molecule has 3 aromatic heterocycles. The number of nitrogens with zero attached hydrogens (tertiary/aromatic N) is 3. The van der Waals surface area contributed by atoms with Crippen molar-refractivity contribution in [3.8, 4) is 17.2 Å². The van der Waals surface area contributed by atoms with E-state index in [2.05, 4.69) is 168 Å². The minimum atomic E-state index is 0.639. The maximum absolute atomic E-state index is 6.27. The number of fused-ring (bicyclic) bond motifs is 18. The van der Waals surface area contributed by atoms with Crippen molar-refractivity contribution >= 4 is 109 Å². The summed E-state index contributed by atoms with van der Waals surface area (Å²) in [5.41, 5.74) is 6.69. The molecule has 0 spiro atoms. The van der Waals surface area contributed by atoms with Gasteiger partial charge in [-0.25, -0.2) is 9.97 Å². The average molecular weight is 712 g/mol. The summed E-state index contributed by atoms with van der Waals surface area (Å²) in [5.74, 6) is 0.639. The maximum Gasteiger partial charge on any atom is 0.235 e. The Kier molecular flexibility index (Phi) is 5.86. The van der Waals surface area contributed by atoms with E-state index in [0.717, 1.165) is 65.9 Å². The van der Waals surface area contributed by atoms with Gasteiger partial charge in [-0.2, -0.15) is 0 Å². The van der Waals surface area contributed by atoms with Gasteiger partial charge in [0, 0.05) is 37.9 Å². The van der Waals surface area contributed by atoms with Gasteiger partial charge in [-0.3, -0.25) is 4.57 Å². The van der Waals surface area contributed by atoms with E-state index < -0.39 is 0 Å². The molecule has 13 aromatic rings. The largest absolute Gasteiger partial charge is 0.456 e. The predicted octanol–water partition coefficient (Wildman–Crippen LogP) is 14.1. The number of furan rings is 1. The average Bonchev–Trinajstić information content (AvgIpc) is 3.81. The molecule has 0 radical (unpaired) electrons. The van der Waals surface area contributed by atoms with Gasteiger partial charge in [0.1, 0.15) is 11.2 Å². The SMILES string of the molecule is c1ccc2c(c1)ccc1nc(-n3c4ccc5ccccc5c4c4c5c6ccccc6c6ccccc6c5ccc43)nc(-c3ccc4oc5ccccc5c4c3)c12. The highest BCUT2D eigenvalue weighted by atomic mass is 16.3. The third-order valence-corrected chi connectivity index (χ3v) is 12.0. The molecule has 0 unspecified atom stereocenters. The summed E-state index contributed by atoms with van der Waals surface area (Å²) >= 11 is 0. The highest BCUT2D eigenvalue weighted by Crippen LogP contribution is 2.46. The van der Waals surface area contributed by atoms with Crippen molar-refractivity contribution in [1.82, 2.24) is 14.5 Å². The summed E-state index contributed by atoms with van der Waals surface area (Å²) in [6.45, 7) is 0. The van der Waals surface area contributed by atoms with E-state index in [-0.39, 0.29) is 0 Å². The second kappa shape index (κ2) is 11.0. The molecule has 4 heteroatoms. The number of benzene rings is 10. The van der Waals surface area contributed by atoms with Crippen molar-refractivity contribution in [2.75, 3.05) is 0 Å². The molecule has 3 heterocycles. The molecule has 0 saturated carbocycles. The van der Waals surface area contributed by atoms with Crippen LogP contribution in [0.15, 0.2) is 180 Å². The quantitative estimate of drug-likeness (QED) is 0.168. The summed E-state index contributed by atoms with van der Waals surface area (Å²) < 4.78 is 8.57. The van der Waals surface area contributed by atoms with E-state index in [4.69, 9.17) is 14.4 Å². The van der Waals surface area contributed by atoms with Gasteiger partial charge in [0.15, 0.2) is 0 Å². The van der Waals surface area contributed by atoms with Crippen LogP contribution in [0, 0.1) is 0 Å². The third-order valence-electron chi connectivity index (χ3n) is 12.0. The van der Waals surface area contributed by atoms with E-state index in [1.54, 1.807) is 0 Å². The predicted molar refractivity (Wildman–Crippen MR) is 234 cm³/mol. The molecule has 0 atom stereocenters. The minimum absolute atomic E-state index is 0.639. The summed E-state index contributed by atoms with van der Waals surface area (Å²) in [6.07, 6.45) is 0. The van der Waals surface area contributed by atoms with Gasteiger partial charge in [0.25, 0.3) is 0 Å². The van der Waals surface area contributed by atoms with E-state index in [1.807, 2.05) is 12.1 Å². The van der Waals surface area contributed by atoms with Crippen molar-refractivity contribution in [2.45, 2.75) is 0 Å². The van der Waals surface area contributed by atoms with Crippen LogP contribution in [0.2, 0.25) is 0 Å². The number of rotatable bonds is 2. The number of para-hydroxylation sites is 1. The molecule has 0 aliphatic carbocycles. The van der Waals surface area contributed by atoms with Crippen LogP contribution in [0.1, 0.15) is 0 Å². The van der Waals surface area contributed by atoms with Crippen molar-refractivity contribution in [3.63, 3.8) is 0 Å². The highest BCUT2D eigenvalue weighted by molar-refractivity contribution is 6.37. The Bertz CT molecular complexity index is 3800. The zero-order chi connectivity index (χ0) is 36.5. The van der Waals surface area contributed by atoms with Crippen LogP contribution in [0.5, 0.6) is 0 Å². The number of hydrogen-bond acceptors (Lipinski definition) is 3. The van der Waals surface area contributed by atoms with Gasteiger partial charge in [-0.05, 0) is 90.9 Å². The molecule has 0 aliphatic rings. The molecule has 0 bridgehead atoms. The normalized spacial score (nSPS) is 12.3. The van der Waals surface area contributed by atoms with Crippen LogP contribution >= 0.6 is 0 Å². The Balaban J connectivity index is 1.22. The van der Waals surface area contributed by atoms with E-state index in [9.17, 15) is 0 Å². The van der Waals surface area contributed by atoms with Crippen molar-refractivity contribution < 1.29 is 4.42 Å². The summed E-state index contributed by atoms with van der Waals surface area (Å²) in [6, 6.07) is 63.0. The minimum Gasteiger partial charge on any atom is -0.456 e. The molecule has 56 heavy (non-hydrogen) atoms. The fourth-order valence-electron chi connectivity index (χ4n) is 9.55. The van der Waals surface area contributed by atoms with E-state index in [0.29, 0.717) is 5.95 Å². The number of hydrogen-bond donors (Lipinski definition) is 0. The Morgan fingerprint density at radius 2 is 0.911 bits per heavy atom. The van der Waals surface area contributed by atoms with Gasteiger partial charge < -0.3 is 4.42 Å². The highest BCUT2D eigenvalue weighted by Gasteiger charge is 2.23. The lowest BCUT2D eigenvalue weighted by molar-refractivity contribution is 0.669. The van der Waals surface area contributed by atoms with Crippen LogP contribution in [-0.4, -0.2) is 14.5 Å². The fourth-order valence-corrected chi connectivity index (χ4v) is 9.55. The van der Waals surface area contributed by atoms with Gasteiger partial charge in [0.2, 0.25) is 5.95 Å². The molecule has 258 valence electrons. The first-order valence-corrected chi connectivity index (χ1v) is 19.1. The Labute approximate surface area is 319 Å². The lowest BCUT2D eigenvalue weighted by Crippen LogP contribution is -2.04. The maximum atomic E-state index is 6.27. The van der Waals surface area contributed by atoms with Crippen LogP contribution in [-0.2, 0) is 0 Å². The fraction of sp³-hybridized carbons (Fsp3) is 0. The van der Waals surface area contributed by atoms with Crippen molar-refractivity contribution in [3.05, 3.63) is 176 Å². The summed E-state index contributed by atoms with van der Waals surface area (Å²) in [7, 11) is 0. The van der Waals surface area contributed by atoms with Gasteiger partial charge in [-0.1, -0.05) is 133 Å². The second-order valence-electron chi connectivity index (χ2n) is 14.9. The van der Waals surface area contributed by atoms with E-state index in [1.165, 1.54) is 53.9 Å². The van der Waals surface area contributed by atoms with E-state index >= 15 is 0 Å². The second-order valence-corrected chi connectivity index (χ2v) is 14.9. The third kappa shape index (κ3) is 3.97. The van der Waals surface area contributed by atoms with Crippen LogP contribution in [0.4, 0.5) is 0 Å². The monoisotopic (exact) mass is 711 g/mol. The first kappa shape index (κ1) is 29.8. The summed E-state index contributed by atoms with van der Waals surface area (Å²) in [4.78, 5) is 11.1. The molecule has 0 N–H and O–H groups in total. The zero-order valence-corrected chi connectivity index (χ0v) is 30.0. The molecule has 13 rings (SSSR count). The van der Waals surface area contributed by atoms with Crippen molar-refractivity contribution in [1.29, 1.82) is 0 Å². The molecule has 4 nitrogen and oxygen atoms in total.